The van der Waals surface area contributed by atoms with Gasteiger partial charge in [0.1, 0.15) is 5.76 Å². The van der Waals surface area contributed by atoms with Crippen LogP contribution in [0.2, 0.25) is 0 Å². The summed E-state index contributed by atoms with van der Waals surface area (Å²) < 4.78 is 0. The number of fused-ring (bicyclic) bond motifs is 1. The average molecular weight is 597 g/mol. The third kappa shape index (κ3) is 4.13. The summed E-state index contributed by atoms with van der Waals surface area (Å²) in [6.45, 7) is 3.31. The summed E-state index contributed by atoms with van der Waals surface area (Å²) in [4.78, 5) is 27.7. The maximum Gasteiger partial charge on any atom is 0.335 e. The van der Waals surface area contributed by atoms with Crippen LogP contribution in [0, 0.1) is 11.8 Å². The summed E-state index contributed by atoms with van der Waals surface area (Å²) in [5.41, 5.74) is 0.815. The zero-order chi connectivity index (χ0) is 31.0. The number of nitrogens with one attached hydrogen (secondary N) is 1. The Morgan fingerprint density at radius 2 is 1.73 bits per heavy atom. The standard InChI is InChI=1S/C35H36N2O7/c1-19-30(39)25(32(41)36-26-5-3-2-4-24(26)21-8-10-22(11-9-21)33(42)43)17-35(44)28-16-23-12-13-27(38)31(40)29(23)34(19,35)14-15-37(28)18-20-6-7-20/h2-5,8-13,19-20,28,38-40,44H,6-7,14-18H2,1H3,(H,36,41)(H,42,43)/t19-,28+,34+,35+/m0/s1. The van der Waals surface area contributed by atoms with Crippen LogP contribution in [0.4, 0.5) is 5.69 Å². The van der Waals surface area contributed by atoms with E-state index in [1.165, 1.54) is 18.2 Å². The zero-order valence-corrected chi connectivity index (χ0v) is 24.5. The molecule has 4 atom stereocenters. The van der Waals surface area contributed by atoms with E-state index in [0.29, 0.717) is 47.7 Å². The molecule has 3 aliphatic carbocycles. The summed E-state index contributed by atoms with van der Waals surface area (Å²) in [7, 11) is 0. The van der Waals surface area contributed by atoms with Gasteiger partial charge in [0.2, 0.25) is 0 Å². The van der Waals surface area contributed by atoms with Crippen LogP contribution in [0.3, 0.4) is 0 Å². The van der Waals surface area contributed by atoms with E-state index in [2.05, 4.69) is 10.2 Å². The Morgan fingerprint density at radius 1 is 1.00 bits per heavy atom. The van der Waals surface area contributed by atoms with Crippen molar-refractivity contribution in [1.82, 2.24) is 4.90 Å². The fourth-order valence-corrected chi connectivity index (χ4v) is 8.25. The van der Waals surface area contributed by atoms with Gasteiger partial charge in [0, 0.05) is 47.2 Å². The van der Waals surface area contributed by atoms with Gasteiger partial charge in [0.05, 0.1) is 16.7 Å². The number of para-hydroxylation sites is 1. The Labute approximate surface area is 255 Å². The Hall–Kier alpha value is -4.34. The molecule has 1 saturated carbocycles. The molecule has 1 heterocycles. The van der Waals surface area contributed by atoms with Gasteiger partial charge in [-0.3, -0.25) is 9.69 Å². The number of nitrogens with zero attached hydrogens (tertiary/aromatic N) is 1. The highest BCUT2D eigenvalue weighted by Gasteiger charge is 2.69. The highest BCUT2D eigenvalue weighted by atomic mass is 16.4. The van der Waals surface area contributed by atoms with Gasteiger partial charge in [0.25, 0.3) is 5.91 Å². The van der Waals surface area contributed by atoms with Crippen molar-refractivity contribution in [2.45, 2.75) is 56.1 Å². The van der Waals surface area contributed by atoms with E-state index in [0.717, 1.165) is 24.9 Å². The van der Waals surface area contributed by atoms with Crippen molar-refractivity contribution in [2.75, 3.05) is 18.4 Å². The average Bonchev–Trinajstić information content (AvgIpc) is 3.83. The number of piperidine rings is 1. The van der Waals surface area contributed by atoms with Crippen LogP contribution in [0.1, 0.15) is 54.1 Å². The van der Waals surface area contributed by atoms with Gasteiger partial charge in [0.15, 0.2) is 11.5 Å². The second-order valence-corrected chi connectivity index (χ2v) is 12.9. The Balaban J connectivity index is 1.29. The molecule has 1 amide bonds. The predicted octanol–water partition coefficient (Wildman–Crippen LogP) is 4.96. The normalized spacial score (nSPS) is 27.8. The number of amides is 1. The lowest BCUT2D eigenvalue weighted by atomic mass is 9.46. The summed E-state index contributed by atoms with van der Waals surface area (Å²) in [5, 5.41) is 58.6. The van der Waals surface area contributed by atoms with Crippen LogP contribution in [0.25, 0.3) is 11.1 Å². The first-order valence-corrected chi connectivity index (χ1v) is 15.2. The molecule has 2 bridgehead atoms. The number of likely N-dealkylation sites (tertiary alicyclic amines) is 1. The number of allylic oxidation sites excluding steroid dienone is 1. The topological polar surface area (TPSA) is 151 Å². The summed E-state index contributed by atoms with van der Waals surface area (Å²) in [5.74, 6) is -2.40. The van der Waals surface area contributed by atoms with Crippen molar-refractivity contribution < 1.29 is 35.1 Å². The van der Waals surface area contributed by atoms with Crippen molar-refractivity contribution in [3.63, 3.8) is 0 Å². The van der Waals surface area contributed by atoms with E-state index >= 15 is 0 Å². The van der Waals surface area contributed by atoms with E-state index in [-0.39, 0.29) is 40.9 Å². The van der Waals surface area contributed by atoms with E-state index in [1.54, 1.807) is 37.3 Å². The number of phenols is 2. The van der Waals surface area contributed by atoms with E-state index in [9.17, 15) is 35.1 Å². The first-order valence-electron chi connectivity index (χ1n) is 15.2. The number of aliphatic hydroxyl groups is 2. The van der Waals surface area contributed by atoms with Crippen LogP contribution in [-0.2, 0) is 16.6 Å². The molecular weight excluding hydrogens is 560 g/mol. The number of carbonyl (C=O) groups is 2. The molecular formula is C35H36N2O7. The number of phenolic OH excluding ortho intramolecular Hbond substituents is 2. The minimum Gasteiger partial charge on any atom is -0.512 e. The Kier molecular flexibility index (Phi) is 6.53. The number of aliphatic hydroxyl groups excluding tert-OH is 1. The minimum atomic E-state index is -1.50. The monoisotopic (exact) mass is 596 g/mol. The lowest BCUT2D eigenvalue weighted by Crippen LogP contribution is -2.75. The summed E-state index contributed by atoms with van der Waals surface area (Å²) >= 11 is 0. The highest BCUT2D eigenvalue weighted by molar-refractivity contribution is 6.06. The highest BCUT2D eigenvalue weighted by Crippen LogP contribution is 2.64. The number of carboxylic acid groups (broad SMARTS) is 1. The van der Waals surface area contributed by atoms with Gasteiger partial charge in [-0.1, -0.05) is 43.3 Å². The molecule has 3 aromatic carbocycles. The molecule has 7 rings (SSSR count). The number of hydrogen-bond donors (Lipinski definition) is 6. The molecule has 9 heteroatoms. The van der Waals surface area contributed by atoms with Gasteiger partial charge in [-0.25, -0.2) is 4.79 Å². The first kappa shape index (κ1) is 28.4. The number of carboxylic acids is 1. The predicted molar refractivity (Wildman–Crippen MR) is 164 cm³/mol. The van der Waals surface area contributed by atoms with Crippen molar-refractivity contribution in [3.8, 4) is 22.6 Å². The van der Waals surface area contributed by atoms with Gasteiger partial charge < -0.3 is 30.8 Å². The number of carbonyl (C=O) groups excluding carboxylic acids is 1. The Bertz CT molecular complexity index is 1710. The van der Waals surface area contributed by atoms with E-state index in [1.807, 2.05) is 12.1 Å². The second kappa shape index (κ2) is 10.1. The summed E-state index contributed by atoms with van der Waals surface area (Å²) in [6.07, 6.45) is 3.09. The molecule has 4 aliphatic rings. The third-order valence-electron chi connectivity index (χ3n) is 10.6. The molecule has 0 aromatic heterocycles. The molecule has 1 aliphatic heterocycles. The minimum absolute atomic E-state index is 0.0908. The maximum atomic E-state index is 14.0. The maximum absolute atomic E-state index is 14.0. The molecule has 0 spiro atoms. The van der Waals surface area contributed by atoms with E-state index < -0.39 is 28.8 Å². The van der Waals surface area contributed by atoms with Crippen LogP contribution in [0.15, 0.2) is 72.0 Å². The Morgan fingerprint density at radius 3 is 2.43 bits per heavy atom. The number of anilines is 1. The van der Waals surface area contributed by atoms with Gasteiger partial charge in [-0.15, -0.1) is 0 Å². The smallest absolute Gasteiger partial charge is 0.335 e. The van der Waals surface area contributed by atoms with Crippen molar-refractivity contribution in [2.24, 2.45) is 11.8 Å². The molecule has 2 fully saturated rings. The van der Waals surface area contributed by atoms with Gasteiger partial charge in [-0.2, -0.15) is 0 Å². The molecule has 1 saturated heterocycles. The molecule has 0 unspecified atom stereocenters. The van der Waals surface area contributed by atoms with Gasteiger partial charge in [-0.05, 0) is 73.5 Å². The molecule has 6 N–H and O–H groups in total. The van der Waals surface area contributed by atoms with Crippen molar-refractivity contribution >= 4 is 17.6 Å². The number of hydrogen-bond acceptors (Lipinski definition) is 7. The quantitative estimate of drug-likeness (QED) is 0.219. The molecule has 44 heavy (non-hydrogen) atoms. The number of benzene rings is 3. The molecule has 3 aromatic rings. The van der Waals surface area contributed by atoms with Crippen LogP contribution in [-0.4, -0.2) is 67.0 Å². The van der Waals surface area contributed by atoms with Crippen molar-refractivity contribution in [1.29, 1.82) is 0 Å². The lowest BCUT2D eigenvalue weighted by Gasteiger charge is -2.65. The van der Waals surface area contributed by atoms with Crippen molar-refractivity contribution in [3.05, 3.63) is 88.7 Å². The fraction of sp³-hybridized carbons (Fsp3) is 0.371. The van der Waals surface area contributed by atoms with Crippen LogP contribution < -0.4 is 5.32 Å². The SMILES string of the molecule is C[C@H]1C(O)=C(C(=O)Nc2ccccc2-c2ccc(C(=O)O)cc2)C[C@@]2(O)[C@H]3Cc4ccc(O)c(O)c4[C@@]12CCN3CC1CC1. The molecule has 0 radical (unpaired) electrons. The lowest BCUT2D eigenvalue weighted by molar-refractivity contribution is -0.171. The molecule has 9 nitrogen and oxygen atoms in total. The second-order valence-electron chi connectivity index (χ2n) is 12.9. The summed E-state index contributed by atoms with van der Waals surface area (Å²) in [6, 6.07) is 16.4. The third-order valence-corrected chi connectivity index (χ3v) is 10.6. The first-order chi connectivity index (χ1) is 21.0. The van der Waals surface area contributed by atoms with Gasteiger partial charge >= 0.3 is 5.97 Å². The number of rotatable bonds is 6. The number of aromatic carboxylic acids is 1. The largest absolute Gasteiger partial charge is 0.512 e. The van der Waals surface area contributed by atoms with Crippen LogP contribution >= 0.6 is 0 Å². The van der Waals surface area contributed by atoms with Crippen LogP contribution in [0.5, 0.6) is 11.5 Å². The molecule has 228 valence electrons. The fourth-order valence-electron chi connectivity index (χ4n) is 8.25. The van der Waals surface area contributed by atoms with E-state index in [4.69, 9.17) is 0 Å². The number of aromatic hydroxyl groups is 2. The zero-order valence-electron chi connectivity index (χ0n) is 24.5.